The fourth-order valence-electron chi connectivity index (χ4n) is 4.21. The van der Waals surface area contributed by atoms with Gasteiger partial charge in [0, 0.05) is 29.1 Å². The molecule has 39 heavy (non-hydrogen) atoms. The van der Waals surface area contributed by atoms with Gasteiger partial charge in [-0.25, -0.2) is 0 Å². The van der Waals surface area contributed by atoms with Crippen LogP contribution in [0.5, 0.6) is 5.75 Å². The highest BCUT2D eigenvalue weighted by atomic mass is 32.2. The molecule has 1 aromatic heterocycles. The minimum atomic E-state index is -0.502. The molecule has 1 N–H and O–H groups in total. The molecule has 0 bridgehead atoms. The molecular weight excluding hydrogens is 514 g/mol. The Kier molecular flexibility index (Phi) is 7.55. The van der Waals surface area contributed by atoms with E-state index in [1.165, 1.54) is 23.9 Å². The van der Waals surface area contributed by atoms with Crippen LogP contribution in [-0.2, 0) is 5.75 Å². The second kappa shape index (κ2) is 11.4. The summed E-state index contributed by atoms with van der Waals surface area (Å²) in [5.41, 5.74) is 2.21. The summed E-state index contributed by atoms with van der Waals surface area (Å²) in [6.45, 7) is 1.83. The van der Waals surface area contributed by atoms with Gasteiger partial charge in [-0.2, -0.15) is 0 Å². The number of hydrogen-bond acceptors (Lipinski definition) is 7. The molecule has 1 amide bonds. The zero-order valence-corrected chi connectivity index (χ0v) is 22.1. The first-order valence-corrected chi connectivity index (χ1v) is 13.2. The maximum Gasteiger partial charge on any atom is 0.269 e. The van der Waals surface area contributed by atoms with Crippen molar-refractivity contribution in [1.29, 1.82) is 0 Å². The number of methoxy groups -OCH3 is 1. The van der Waals surface area contributed by atoms with Crippen molar-refractivity contribution in [2.45, 2.75) is 23.9 Å². The van der Waals surface area contributed by atoms with Crippen LogP contribution in [-0.4, -0.2) is 32.7 Å². The number of hydrogen-bond donors (Lipinski definition) is 1. The smallest absolute Gasteiger partial charge is 0.269 e. The third-order valence-corrected chi connectivity index (χ3v) is 7.23. The minimum absolute atomic E-state index is 0.0170. The van der Waals surface area contributed by atoms with Gasteiger partial charge < -0.3 is 10.1 Å². The Morgan fingerprint density at radius 2 is 1.77 bits per heavy atom. The molecule has 196 valence electrons. The number of nitro benzene ring substituents is 1. The Labute approximate surface area is 229 Å². The second-order valence-corrected chi connectivity index (χ2v) is 9.79. The molecule has 1 unspecified atom stereocenters. The Bertz CT molecular complexity index is 1650. The molecule has 0 fully saturated rings. The monoisotopic (exact) mass is 539 g/mol. The molecule has 1 heterocycles. The lowest BCUT2D eigenvalue weighted by Gasteiger charge is -2.16. The first kappa shape index (κ1) is 25.9. The van der Waals surface area contributed by atoms with Crippen molar-refractivity contribution in [2.75, 3.05) is 7.11 Å². The van der Waals surface area contributed by atoms with Gasteiger partial charge in [0.1, 0.15) is 5.75 Å². The van der Waals surface area contributed by atoms with E-state index in [2.05, 4.69) is 15.5 Å². The summed E-state index contributed by atoms with van der Waals surface area (Å²) >= 11 is 1.47. The van der Waals surface area contributed by atoms with Crippen molar-refractivity contribution in [1.82, 2.24) is 20.1 Å². The highest BCUT2D eigenvalue weighted by Crippen LogP contribution is 2.29. The molecule has 0 aliphatic carbocycles. The van der Waals surface area contributed by atoms with Crippen LogP contribution in [0.25, 0.3) is 16.5 Å². The maximum atomic E-state index is 13.2. The van der Waals surface area contributed by atoms with Crippen LogP contribution in [0.4, 0.5) is 5.69 Å². The van der Waals surface area contributed by atoms with Crippen LogP contribution < -0.4 is 10.1 Å². The fraction of sp³-hybridized carbons (Fsp3) is 0.138. The average Bonchev–Trinajstić information content (AvgIpc) is 3.40. The summed E-state index contributed by atoms with van der Waals surface area (Å²) in [6.07, 6.45) is 0. The molecule has 10 heteroatoms. The number of ether oxygens (including phenoxy) is 1. The van der Waals surface area contributed by atoms with Crippen molar-refractivity contribution in [3.8, 4) is 11.4 Å². The minimum Gasteiger partial charge on any atom is -0.497 e. The molecule has 5 rings (SSSR count). The molecule has 0 saturated heterocycles. The largest absolute Gasteiger partial charge is 0.497 e. The number of aromatic nitrogens is 3. The zero-order chi connectivity index (χ0) is 27.4. The predicted molar refractivity (Wildman–Crippen MR) is 150 cm³/mol. The Morgan fingerprint density at radius 1 is 1.00 bits per heavy atom. The second-order valence-electron chi connectivity index (χ2n) is 8.85. The SMILES string of the molecule is COc1cccc(CSc2nnc(C(C)NC(=O)c3ccc4ccccc4c3)n2-c2ccc([N+](=O)[O-])cc2)c1. The van der Waals surface area contributed by atoms with Gasteiger partial charge in [-0.1, -0.05) is 54.2 Å². The van der Waals surface area contributed by atoms with E-state index < -0.39 is 11.0 Å². The Balaban J connectivity index is 1.44. The molecule has 0 aliphatic heterocycles. The summed E-state index contributed by atoms with van der Waals surface area (Å²) in [4.78, 5) is 23.9. The number of amides is 1. The highest BCUT2D eigenvalue weighted by molar-refractivity contribution is 7.98. The van der Waals surface area contributed by atoms with Gasteiger partial charge >= 0.3 is 0 Å². The first-order valence-electron chi connectivity index (χ1n) is 12.2. The van der Waals surface area contributed by atoms with E-state index in [4.69, 9.17) is 4.74 Å². The van der Waals surface area contributed by atoms with E-state index in [-0.39, 0.29) is 11.6 Å². The van der Waals surface area contributed by atoms with Gasteiger partial charge in [-0.15, -0.1) is 10.2 Å². The molecule has 0 saturated carbocycles. The molecule has 1 atom stereocenters. The average molecular weight is 540 g/mol. The van der Waals surface area contributed by atoms with Crippen LogP contribution in [0.2, 0.25) is 0 Å². The van der Waals surface area contributed by atoms with Gasteiger partial charge in [-0.05, 0) is 59.7 Å². The topological polar surface area (TPSA) is 112 Å². The highest BCUT2D eigenvalue weighted by Gasteiger charge is 2.22. The number of fused-ring (bicyclic) bond motifs is 1. The van der Waals surface area contributed by atoms with Gasteiger partial charge in [-0.3, -0.25) is 19.5 Å². The number of rotatable bonds is 9. The van der Waals surface area contributed by atoms with Crippen LogP contribution >= 0.6 is 11.8 Å². The summed E-state index contributed by atoms with van der Waals surface area (Å²) < 4.78 is 7.14. The van der Waals surface area contributed by atoms with E-state index in [1.54, 1.807) is 25.3 Å². The van der Waals surface area contributed by atoms with E-state index in [0.29, 0.717) is 28.0 Å². The van der Waals surface area contributed by atoms with Gasteiger partial charge in [0.05, 0.1) is 18.1 Å². The number of benzene rings is 4. The van der Waals surface area contributed by atoms with Crippen molar-refractivity contribution in [3.05, 3.63) is 118 Å². The van der Waals surface area contributed by atoms with Gasteiger partial charge in [0.2, 0.25) is 0 Å². The quantitative estimate of drug-likeness (QED) is 0.136. The van der Waals surface area contributed by atoms with E-state index >= 15 is 0 Å². The number of thioether (sulfide) groups is 1. The lowest BCUT2D eigenvalue weighted by Crippen LogP contribution is -2.28. The molecular formula is C29H25N5O4S. The number of carbonyl (C=O) groups is 1. The molecule has 4 aromatic carbocycles. The van der Waals surface area contributed by atoms with Crippen molar-refractivity contribution in [2.24, 2.45) is 0 Å². The molecule has 0 aliphatic rings. The Hall–Kier alpha value is -4.70. The molecule has 0 spiro atoms. The molecule has 9 nitrogen and oxygen atoms in total. The first-order chi connectivity index (χ1) is 18.9. The van der Waals surface area contributed by atoms with Crippen LogP contribution in [0.15, 0.2) is 96.2 Å². The van der Waals surface area contributed by atoms with E-state index in [1.807, 2.05) is 72.2 Å². The molecule has 0 radical (unpaired) electrons. The maximum absolute atomic E-state index is 13.2. The molecule has 5 aromatic rings. The lowest BCUT2D eigenvalue weighted by molar-refractivity contribution is -0.384. The predicted octanol–water partition coefficient (Wildman–Crippen LogP) is 6.12. The standard InChI is InChI=1S/C29H25N5O4S/c1-19(30-28(35)23-11-10-21-7-3-4-8-22(21)17-23)27-31-32-29(39-18-20-6-5-9-26(16-20)38-2)33(27)24-12-14-25(15-13-24)34(36)37/h3-17,19H,18H2,1-2H3,(H,30,35). The van der Waals surface area contributed by atoms with Crippen molar-refractivity contribution < 1.29 is 14.5 Å². The fourth-order valence-corrected chi connectivity index (χ4v) is 5.11. The lowest BCUT2D eigenvalue weighted by atomic mass is 10.1. The Morgan fingerprint density at radius 3 is 2.51 bits per heavy atom. The van der Waals surface area contributed by atoms with Crippen LogP contribution in [0.3, 0.4) is 0 Å². The van der Waals surface area contributed by atoms with Crippen LogP contribution in [0.1, 0.15) is 34.7 Å². The van der Waals surface area contributed by atoms with Crippen LogP contribution in [0, 0.1) is 10.1 Å². The number of nitrogens with one attached hydrogen (secondary N) is 1. The van der Waals surface area contributed by atoms with Crippen molar-refractivity contribution in [3.63, 3.8) is 0 Å². The summed E-state index contributed by atoms with van der Waals surface area (Å²) in [5.74, 6) is 1.62. The van der Waals surface area contributed by atoms with Gasteiger partial charge in [0.25, 0.3) is 11.6 Å². The summed E-state index contributed by atoms with van der Waals surface area (Å²) in [5, 5.41) is 25.7. The number of non-ortho nitro benzene ring substituents is 1. The third kappa shape index (κ3) is 5.75. The zero-order valence-electron chi connectivity index (χ0n) is 21.3. The van der Waals surface area contributed by atoms with E-state index in [0.717, 1.165) is 22.1 Å². The van der Waals surface area contributed by atoms with E-state index in [9.17, 15) is 14.9 Å². The third-order valence-electron chi connectivity index (χ3n) is 6.23. The van der Waals surface area contributed by atoms with Gasteiger partial charge in [0.15, 0.2) is 11.0 Å². The van der Waals surface area contributed by atoms with Crippen molar-refractivity contribution >= 4 is 34.1 Å². The number of nitrogens with zero attached hydrogens (tertiary/aromatic N) is 4. The number of nitro groups is 1. The normalized spacial score (nSPS) is 11.7. The summed E-state index contributed by atoms with van der Waals surface area (Å²) in [6, 6.07) is 26.8. The number of carbonyl (C=O) groups excluding carboxylic acids is 1. The summed E-state index contributed by atoms with van der Waals surface area (Å²) in [7, 11) is 1.62.